The van der Waals surface area contributed by atoms with Crippen LogP contribution in [0.1, 0.15) is 65.2 Å². The Hall–Kier alpha value is -2.64. The predicted molar refractivity (Wildman–Crippen MR) is 111 cm³/mol. The maximum absolute atomic E-state index is 12.7. The van der Waals surface area contributed by atoms with E-state index in [2.05, 4.69) is 26.1 Å². The van der Waals surface area contributed by atoms with Gasteiger partial charge in [0.25, 0.3) is 0 Å². The van der Waals surface area contributed by atoms with Crippen molar-refractivity contribution < 1.29 is 9.59 Å². The standard InChI is InChI=1S/C21H32N6O2/c1-13(2)18(19-26-25-17-10-5-6-11-27(17)19)24-21(29)23-16-9-7-8-15(12-16)20(28)22-14(3)4/h5-6,10-11,13-16,18H,7-9,12H2,1-4H3,(H,22,28)(H2,23,24,29). The van der Waals surface area contributed by atoms with Crippen LogP contribution in [0.2, 0.25) is 0 Å². The summed E-state index contributed by atoms with van der Waals surface area (Å²) in [7, 11) is 0. The van der Waals surface area contributed by atoms with E-state index in [1.807, 2.05) is 56.5 Å². The number of amides is 3. The molecule has 158 valence electrons. The van der Waals surface area contributed by atoms with Gasteiger partial charge in [-0.3, -0.25) is 9.20 Å². The minimum Gasteiger partial charge on any atom is -0.354 e. The van der Waals surface area contributed by atoms with Crippen LogP contribution < -0.4 is 16.0 Å². The summed E-state index contributed by atoms with van der Waals surface area (Å²) in [4.78, 5) is 25.1. The molecule has 0 bridgehead atoms. The second-order valence-electron chi connectivity index (χ2n) is 8.55. The normalized spacial score (nSPS) is 20.6. The van der Waals surface area contributed by atoms with Crippen LogP contribution in [0.4, 0.5) is 4.79 Å². The molecule has 3 unspecified atom stereocenters. The zero-order valence-corrected chi connectivity index (χ0v) is 17.7. The van der Waals surface area contributed by atoms with Gasteiger partial charge in [0.05, 0.1) is 6.04 Å². The zero-order valence-electron chi connectivity index (χ0n) is 17.7. The number of fused-ring (bicyclic) bond motifs is 1. The van der Waals surface area contributed by atoms with Crippen LogP contribution in [-0.2, 0) is 4.79 Å². The topological polar surface area (TPSA) is 100 Å². The first kappa shape index (κ1) is 21.1. The van der Waals surface area contributed by atoms with Crippen LogP contribution in [0.25, 0.3) is 5.65 Å². The summed E-state index contributed by atoms with van der Waals surface area (Å²) in [6, 6.07) is 5.34. The molecular formula is C21H32N6O2. The van der Waals surface area contributed by atoms with Crippen molar-refractivity contribution in [2.75, 3.05) is 0 Å². The van der Waals surface area contributed by atoms with Crippen LogP contribution >= 0.6 is 0 Å². The lowest BCUT2D eigenvalue weighted by Gasteiger charge is -2.30. The molecule has 0 aliphatic heterocycles. The van der Waals surface area contributed by atoms with Crippen LogP contribution in [0, 0.1) is 11.8 Å². The van der Waals surface area contributed by atoms with Crippen molar-refractivity contribution in [1.29, 1.82) is 0 Å². The number of carbonyl (C=O) groups is 2. The number of nitrogens with one attached hydrogen (secondary N) is 3. The fourth-order valence-corrected chi connectivity index (χ4v) is 3.93. The summed E-state index contributed by atoms with van der Waals surface area (Å²) in [5.41, 5.74) is 0.752. The van der Waals surface area contributed by atoms with Crippen molar-refractivity contribution in [2.45, 2.75) is 71.5 Å². The molecule has 0 aromatic carbocycles. The molecule has 3 atom stereocenters. The first-order chi connectivity index (χ1) is 13.8. The van der Waals surface area contributed by atoms with Gasteiger partial charge in [0.2, 0.25) is 5.91 Å². The van der Waals surface area contributed by atoms with Gasteiger partial charge < -0.3 is 16.0 Å². The minimum atomic E-state index is -0.268. The number of pyridine rings is 1. The highest BCUT2D eigenvalue weighted by Crippen LogP contribution is 2.25. The largest absolute Gasteiger partial charge is 0.354 e. The Balaban J connectivity index is 1.63. The fourth-order valence-electron chi connectivity index (χ4n) is 3.93. The fraction of sp³-hybridized carbons (Fsp3) is 0.619. The van der Waals surface area contributed by atoms with Gasteiger partial charge in [-0.15, -0.1) is 10.2 Å². The molecule has 3 amide bonds. The molecule has 2 aromatic rings. The molecule has 1 saturated carbocycles. The molecule has 3 rings (SSSR count). The van der Waals surface area contributed by atoms with Crippen LogP contribution in [-0.4, -0.2) is 38.6 Å². The first-order valence-electron chi connectivity index (χ1n) is 10.5. The van der Waals surface area contributed by atoms with E-state index in [1.165, 1.54) is 0 Å². The highest BCUT2D eigenvalue weighted by molar-refractivity contribution is 5.79. The molecule has 29 heavy (non-hydrogen) atoms. The third-order valence-corrected chi connectivity index (χ3v) is 5.38. The summed E-state index contributed by atoms with van der Waals surface area (Å²) >= 11 is 0. The Morgan fingerprint density at radius 2 is 1.90 bits per heavy atom. The SMILES string of the molecule is CC(C)NC(=O)C1CCCC(NC(=O)NC(c2nnc3ccccn23)C(C)C)C1. The molecular weight excluding hydrogens is 368 g/mol. The van der Waals surface area contributed by atoms with E-state index in [4.69, 9.17) is 0 Å². The molecule has 8 heteroatoms. The summed E-state index contributed by atoms with van der Waals surface area (Å²) in [6.45, 7) is 8.01. The predicted octanol–water partition coefficient (Wildman–Crippen LogP) is 2.81. The third-order valence-electron chi connectivity index (χ3n) is 5.38. The van der Waals surface area contributed by atoms with Crippen LogP contribution in [0.5, 0.6) is 0 Å². The number of rotatable bonds is 6. The summed E-state index contributed by atoms with van der Waals surface area (Å²) in [5, 5.41) is 17.6. The Labute approximate surface area is 171 Å². The number of hydrogen-bond acceptors (Lipinski definition) is 4. The molecule has 8 nitrogen and oxygen atoms in total. The summed E-state index contributed by atoms with van der Waals surface area (Å²) < 4.78 is 1.90. The van der Waals surface area contributed by atoms with Crippen LogP contribution in [0.15, 0.2) is 24.4 Å². The number of urea groups is 1. The van der Waals surface area contributed by atoms with E-state index >= 15 is 0 Å². The van der Waals surface area contributed by atoms with E-state index in [1.54, 1.807) is 0 Å². The lowest BCUT2D eigenvalue weighted by molar-refractivity contribution is -0.126. The maximum atomic E-state index is 12.7. The zero-order chi connectivity index (χ0) is 21.0. The molecule has 2 heterocycles. The average molecular weight is 401 g/mol. The quantitative estimate of drug-likeness (QED) is 0.694. The van der Waals surface area contributed by atoms with E-state index in [0.717, 1.165) is 24.9 Å². The number of carbonyl (C=O) groups excluding carboxylic acids is 2. The molecule has 0 radical (unpaired) electrons. The van der Waals surface area contributed by atoms with Gasteiger partial charge >= 0.3 is 6.03 Å². The van der Waals surface area contributed by atoms with Gasteiger partial charge in [-0.05, 0) is 51.2 Å². The molecule has 1 aliphatic rings. The Kier molecular flexibility index (Phi) is 6.71. The number of aromatic nitrogens is 3. The third kappa shape index (κ3) is 5.25. The Morgan fingerprint density at radius 1 is 1.10 bits per heavy atom. The summed E-state index contributed by atoms with van der Waals surface area (Å²) in [5.74, 6) is 0.896. The van der Waals surface area contributed by atoms with Crippen molar-refractivity contribution in [3.8, 4) is 0 Å². The van der Waals surface area contributed by atoms with Crippen LogP contribution in [0.3, 0.4) is 0 Å². The van der Waals surface area contributed by atoms with Gasteiger partial charge in [-0.25, -0.2) is 4.79 Å². The molecule has 1 aliphatic carbocycles. The molecule has 1 fully saturated rings. The average Bonchev–Trinajstić information content (AvgIpc) is 3.09. The molecule has 3 N–H and O–H groups in total. The Morgan fingerprint density at radius 3 is 2.62 bits per heavy atom. The second kappa shape index (κ2) is 9.24. The minimum absolute atomic E-state index is 0.00498. The lowest BCUT2D eigenvalue weighted by Crippen LogP contribution is -2.48. The van der Waals surface area contributed by atoms with Crippen molar-refractivity contribution in [3.63, 3.8) is 0 Å². The van der Waals surface area contributed by atoms with E-state index in [-0.39, 0.29) is 41.9 Å². The van der Waals surface area contributed by atoms with E-state index in [9.17, 15) is 9.59 Å². The molecule has 0 saturated heterocycles. The highest BCUT2D eigenvalue weighted by Gasteiger charge is 2.30. The van der Waals surface area contributed by atoms with Gasteiger partial charge in [0.1, 0.15) is 0 Å². The monoisotopic (exact) mass is 400 g/mol. The first-order valence-corrected chi connectivity index (χ1v) is 10.5. The van der Waals surface area contributed by atoms with E-state index in [0.29, 0.717) is 12.2 Å². The lowest BCUT2D eigenvalue weighted by atomic mass is 9.85. The van der Waals surface area contributed by atoms with Gasteiger partial charge in [0.15, 0.2) is 11.5 Å². The van der Waals surface area contributed by atoms with Crippen molar-refractivity contribution in [1.82, 2.24) is 30.5 Å². The molecule has 2 aromatic heterocycles. The van der Waals surface area contributed by atoms with Gasteiger partial charge in [-0.1, -0.05) is 26.3 Å². The van der Waals surface area contributed by atoms with E-state index < -0.39 is 0 Å². The van der Waals surface area contributed by atoms with Crippen molar-refractivity contribution in [3.05, 3.63) is 30.2 Å². The number of hydrogen-bond donors (Lipinski definition) is 3. The Bertz CT molecular complexity index is 847. The van der Waals surface area contributed by atoms with Gasteiger partial charge in [0, 0.05) is 24.2 Å². The highest BCUT2D eigenvalue weighted by atomic mass is 16.2. The van der Waals surface area contributed by atoms with Gasteiger partial charge in [-0.2, -0.15) is 0 Å². The van der Waals surface area contributed by atoms with Crippen molar-refractivity contribution in [2.24, 2.45) is 11.8 Å². The maximum Gasteiger partial charge on any atom is 0.315 e. The molecule has 0 spiro atoms. The number of nitrogens with zero attached hydrogens (tertiary/aromatic N) is 3. The van der Waals surface area contributed by atoms with Crippen molar-refractivity contribution >= 4 is 17.6 Å². The summed E-state index contributed by atoms with van der Waals surface area (Å²) in [6.07, 6.45) is 5.27. The second-order valence-corrected chi connectivity index (χ2v) is 8.55. The smallest absolute Gasteiger partial charge is 0.315 e.